The Labute approximate surface area is 38.3 Å². The van der Waals surface area contributed by atoms with Crippen LogP contribution in [0.15, 0.2) is 0 Å². The Bertz CT molecular complexity index is 49.9. The second-order valence-corrected chi connectivity index (χ2v) is 1.99. The fourth-order valence-corrected chi connectivity index (χ4v) is 0.616. The maximum atomic E-state index is 4.97. The van der Waals surface area contributed by atoms with E-state index in [1.165, 1.54) is 6.42 Å². The first kappa shape index (κ1) is 4.13. The molecule has 0 radical (unpaired) electrons. The molecular weight excluding hydrogens is 76.1 g/mol. The van der Waals surface area contributed by atoms with Crippen molar-refractivity contribution >= 4 is 0 Å². The molecule has 1 aliphatic carbocycles. The molecule has 1 aliphatic rings. The molecule has 0 N–H and O–H groups in total. The molecule has 6 heavy (non-hydrogen) atoms. The molecule has 36 valence electrons. The van der Waals surface area contributed by atoms with Crippen LogP contribution in [0.25, 0.3) is 0 Å². The molecule has 1 heteroatoms. The molecule has 0 amide bonds. The second kappa shape index (κ2) is 1.23. The van der Waals surface area contributed by atoms with Gasteiger partial charge in [-0.1, -0.05) is 6.92 Å². The Morgan fingerprint density at radius 2 is 2.17 bits per heavy atom. The highest BCUT2D eigenvalue weighted by molar-refractivity contribution is 4.82. The van der Waals surface area contributed by atoms with Crippen LogP contribution in [0.1, 0.15) is 13.3 Å². The Hall–Kier alpha value is -0.0400. The highest BCUT2D eigenvalue weighted by atomic mass is 16.5. The first-order valence-corrected chi connectivity index (χ1v) is 2.37. The number of ether oxygens (including phenoxy) is 1. The second-order valence-electron chi connectivity index (χ2n) is 1.99. The molecule has 0 unspecified atom stereocenters. The lowest BCUT2D eigenvalue weighted by Gasteiger charge is -1.84. The third-order valence-electron chi connectivity index (χ3n) is 1.34. The van der Waals surface area contributed by atoms with Crippen LogP contribution in [0, 0.1) is 5.92 Å². The Morgan fingerprint density at radius 3 is 2.17 bits per heavy atom. The highest BCUT2D eigenvalue weighted by Crippen LogP contribution is 2.31. The van der Waals surface area contributed by atoms with Crippen molar-refractivity contribution in [2.24, 2.45) is 5.92 Å². The van der Waals surface area contributed by atoms with Gasteiger partial charge >= 0.3 is 0 Å². The average Bonchev–Trinajstić information content (AvgIpc) is 2.19. The maximum Gasteiger partial charge on any atom is 0.0601 e. The van der Waals surface area contributed by atoms with Gasteiger partial charge < -0.3 is 4.74 Å². The van der Waals surface area contributed by atoms with Gasteiger partial charge in [-0.25, -0.2) is 0 Å². The van der Waals surface area contributed by atoms with Gasteiger partial charge in [-0.05, 0) is 12.3 Å². The van der Waals surface area contributed by atoms with Gasteiger partial charge in [0.05, 0.1) is 6.10 Å². The van der Waals surface area contributed by atoms with Crippen LogP contribution in [0.4, 0.5) is 0 Å². The Morgan fingerprint density at radius 1 is 1.67 bits per heavy atom. The summed E-state index contributed by atoms with van der Waals surface area (Å²) in [5.74, 6) is 0.843. The van der Waals surface area contributed by atoms with Crippen molar-refractivity contribution in [3.63, 3.8) is 0 Å². The molecule has 0 aliphatic heterocycles. The first-order chi connectivity index (χ1) is 2.84. The molecule has 2 atom stereocenters. The largest absolute Gasteiger partial charge is 0.381 e. The van der Waals surface area contributed by atoms with Crippen molar-refractivity contribution in [1.29, 1.82) is 0 Å². The zero-order valence-corrected chi connectivity index (χ0v) is 4.27. The third kappa shape index (κ3) is 0.548. The van der Waals surface area contributed by atoms with Crippen molar-refractivity contribution in [3.05, 3.63) is 0 Å². The predicted octanol–water partition coefficient (Wildman–Crippen LogP) is 1.04. The van der Waals surface area contributed by atoms with Crippen molar-refractivity contribution in [2.75, 3.05) is 7.11 Å². The monoisotopic (exact) mass is 86.1 g/mol. The van der Waals surface area contributed by atoms with Gasteiger partial charge in [0.15, 0.2) is 0 Å². The molecule has 1 nitrogen and oxygen atoms in total. The molecule has 0 aromatic heterocycles. The van der Waals surface area contributed by atoms with Crippen LogP contribution in [0.3, 0.4) is 0 Å². The van der Waals surface area contributed by atoms with Crippen LogP contribution in [-0.4, -0.2) is 13.2 Å². The molecule has 1 fully saturated rings. The molecule has 1 saturated carbocycles. The molecule has 0 heterocycles. The van der Waals surface area contributed by atoms with Crippen LogP contribution < -0.4 is 0 Å². The van der Waals surface area contributed by atoms with Crippen LogP contribution in [-0.2, 0) is 4.74 Å². The van der Waals surface area contributed by atoms with Crippen molar-refractivity contribution in [2.45, 2.75) is 19.4 Å². The summed E-state index contributed by atoms with van der Waals surface area (Å²) in [4.78, 5) is 0. The van der Waals surface area contributed by atoms with Gasteiger partial charge in [0.1, 0.15) is 0 Å². The van der Waals surface area contributed by atoms with Gasteiger partial charge in [-0.3, -0.25) is 0 Å². The lowest BCUT2D eigenvalue weighted by atomic mass is 10.5. The van der Waals surface area contributed by atoms with Crippen LogP contribution in [0.5, 0.6) is 0 Å². The highest BCUT2D eigenvalue weighted by Gasteiger charge is 2.31. The van der Waals surface area contributed by atoms with E-state index < -0.39 is 0 Å². The van der Waals surface area contributed by atoms with Gasteiger partial charge in [0, 0.05) is 7.11 Å². The summed E-state index contributed by atoms with van der Waals surface area (Å²) >= 11 is 0. The smallest absolute Gasteiger partial charge is 0.0601 e. The van der Waals surface area contributed by atoms with E-state index in [1.807, 2.05) is 0 Å². The van der Waals surface area contributed by atoms with E-state index in [4.69, 9.17) is 4.74 Å². The summed E-state index contributed by atoms with van der Waals surface area (Å²) in [7, 11) is 1.77. The summed E-state index contributed by atoms with van der Waals surface area (Å²) in [6.45, 7) is 2.20. The van der Waals surface area contributed by atoms with E-state index in [0.717, 1.165) is 5.92 Å². The first-order valence-electron chi connectivity index (χ1n) is 2.37. The molecular formula is C5H10O. The fraction of sp³-hybridized carbons (Fsp3) is 1.00. The van der Waals surface area contributed by atoms with E-state index in [0.29, 0.717) is 6.10 Å². The molecule has 0 aromatic rings. The zero-order valence-electron chi connectivity index (χ0n) is 4.27. The SMILES string of the molecule is CO[C@H]1C[C@@H]1C. The van der Waals surface area contributed by atoms with E-state index in [9.17, 15) is 0 Å². The zero-order chi connectivity index (χ0) is 4.57. The molecule has 0 spiro atoms. The lowest BCUT2D eigenvalue weighted by Crippen LogP contribution is -1.85. The van der Waals surface area contributed by atoms with E-state index in [-0.39, 0.29) is 0 Å². The number of rotatable bonds is 1. The topological polar surface area (TPSA) is 9.23 Å². The molecule has 1 rings (SSSR count). The van der Waals surface area contributed by atoms with Gasteiger partial charge in [-0.15, -0.1) is 0 Å². The summed E-state index contributed by atoms with van der Waals surface area (Å²) < 4.78 is 4.97. The minimum Gasteiger partial charge on any atom is -0.381 e. The molecule has 0 aromatic carbocycles. The normalized spacial score (nSPS) is 43.0. The summed E-state index contributed by atoms with van der Waals surface area (Å²) in [6.07, 6.45) is 1.88. The number of hydrogen-bond acceptors (Lipinski definition) is 1. The maximum absolute atomic E-state index is 4.97. The van der Waals surface area contributed by atoms with Gasteiger partial charge in [0.2, 0.25) is 0 Å². The van der Waals surface area contributed by atoms with Crippen molar-refractivity contribution < 1.29 is 4.74 Å². The fourth-order valence-electron chi connectivity index (χ4n) is 0.616. The number of methoxy groups -OCH3 is 1. The standard InChI is InChI=1S/C5H10O/c1-4-3-5(4)6-2/h4-5H,3H2,1-2H3/t4-,5-/m0/s1. The Kier molecular flexibility index (Phi) is 0.845. The van der Waals surface area contributed by atoms with E-state index in [1.54, 1.807) is 7.11 Å². The minimum atomic E-state index is 0.602. The van der Waals surface area contributed by atoms with E-state index in [2.05, 4.69) is 6.92 Å². The molecule has 0 saturated heterocycles. The Balaban J connectivity index is 2.09. The predicted molar refractivity (Wildman–Crippen MR) is 24.6 cm³/mol. The number of hydrogen-bond donors (Lipinski definition) is 0. The van der Waals surface area contributed by atoms with Gasteiger partial charge in [0.25, 0.3) is 0 Å². The van der Waals surface area contributed by atoms with Crippen molar-refractivity contribution in [3.8, 4) is 0 Å². The minimum absolute atomic E-state index is 0.602. The van der Waals surface area contributed by atoms with Crippen LogP contribution >= 0.6 is 0 Å². The average molecular weight is 86.1 g/mol. The summed E-state index contributed by atoms with van der Waals surface area (Å²) in [5, 5.41) is 0. The third-order valence-corrected chi connectivity index (χ3v) is 1.34. The molecule has 0 bridgehead atoms. The van der Waals surface area contributed by atoms with E-state index >= 15 is 0 Å². The van der Waals surface area contributed by atoms with Gasteiger partial charge in [-0.2, -0.15) is 0 Å². The quantitative estimate of drug-likeness (QED) is 0.463. The lowest BCUT2D eigenvalue weighted by molar-refractivity contribution is 0.172. The van der Waals surface area contributed by atoms with Crippen LogP contribution in [0.2, 0.25) is 0 Å². The van der Waals surface area contributed by atoms with Crippen molar-refractivity contribution in [1.82, 2.24) is 0 Å². The summed E-state index contributed by atoms with van der Waals surface area (Å²) in [6, 6.07) is 0. The summed E-state index contributed by atoms with van der Waals surface area (Å²) in [5.41, 5.74) is 0.